The van der Waals surface area contributed by atoms with Crippen LogP contribution in [0.25, 0.3) is 0 Å². The normalized spacial score (nSPS) is 23.2. The third-order valence-electron chi connectivity index (χ3n) is 5.99. The number of methoxy groups -OCH3 is 1. The Labute approximate surface area is 178 Å². The first-order chi connectivity index (χ1) is 14.8. The van der Waals surface area contributed by atoms with Gasteiger partial charge in [-0.2, -0.15) is 0 Å². The van der Waals surface area contributed by atoms with Crippen LogP contribution >= 0.6 is 0 Å². The minimum Gasteiger partial charge on any atom is -0.493 e. The summed E-state index contributed by atoms with van der Waals surface area (Å²) in [5.41, 5.74) is 2.59. The molecule has 2 aliphatic rings. The first-order valence-electron chi connectivity index (χ1n) is 10.9. The molecule has 1 fully saturated rings. The topological polar surface area (TPSA) is 72.0 Å². The first-order valence-corrected chi connectivity index (χ1v) is 10.9. The van der Waals surface area contributed by atoms with Crippen molar-refractivity contribution >= 4 is 5.69 Å². The number of hydrogen-bond acceptors (Lipinski definition) is 6. The maximum atomic E-state index is 10.4. The summed E-state index contributed by atoms with van der Waals surface area (Å²) in [4.78, 5) is 0. The molecule has 6 nitrogen and oxygen atoms in total. The molecule has 0 spiro atoms. The van der Waals surface area contributed by atoms with Crippen molar-refractivity contribution in [1.29, 1.82) is 0 Å². The van der Waals surface area contributed by atoms with Crippen molar-refractivity contribution in [2.75, 3.05) is 38.7 Å². The number of hydrogen-bond donors (Lipinski definition) is 3. The van der Waals surface area contributed by atoms with Gasteiger partial charge < -0.3 is 30.0 Å². The van der Waals surface area contributed by atoms with Crippen LogP contribution in [0.4, 0.5) is 5.69 Å². The zero-order valence-corrected chi connectivity index (χ0v) is 17.5. The van der Waals surface area contributed by atoms with Gasteiger partial charge in [0.05, 0.1) is 25.9 Å². The van der Waals surface area contributed by atoms with Gasteiger partial charge >= 0.3 is 0 Å². The highest BCUT2D eigenvalue weighted by Gasteiger charge is 2.40. The maximum absolute atomic E-state index is 10.4. The molecule has 3 N–H and O–H groups in total. The van der Waals surface area contributed by atoms with Gasteiger partial charge in [-0.05, 0) is 43.0 Å². The van der Waals surface area contributed by atoms with E-state index in [9.17, 15) is 5.11 Å². The van der Waals surface area contributed by atoms with E-state index in [1.54, 1.807) is 7.11 Å². The molecule has 0 saturated heterocycles. The quantitative estimate of drug-likeness (QED) is 0.521. The van der Waals surface area contributed by atoms with E-state index in [-0.39, 0.29) is 6.10 Å². The molecule has 1 heterocycles. The zero-order chi connectivity index (χ0) is 20.8. The predicted molar refractivity (Wildman–Crippen MR) is 118 cm³/mol. The molecular formula is C24H32N2O4. The summed E-state index contributed by atoms with van der Waals surface area (Å²) in [6, 6.07) is 16.6. The number of para-hydroxylation sites is 3. The third kappa shape index (κ3) is 4.89. The molecule has 30 heavy (non-hydrogen) atoms. The molecule has 0 aromatic heterocycles. The lowest BCUT2D eigenvalue weighted by Crippen LogP contribution is -2.39. The molecule has 1 aliphatic carbocycles. The highest BCUT2D eigenvalue weighted by atomic mass is 16.5. The Morgan fingerprint density at radius 1 is 1.10 bits per heavy atom. The van der Waals surface area contributed by atoms with Crippen LogP contribution in [0.3, 0.4) is 0 Å². The molecule has 3 unspecified atom stereocenters. The van der Waals surface area contributed by atoms with E-state index in [0.717, 1.165) is 24.3 Å². The van der Waals surface area contributed by atoms with Crippen LogP contribution in [0, 0.1) is 0 Å². The van der Waals surface area contributed by atoms with Gasteiger partial charge in [0, 0.05) is 30.7 Å². The van der Waals surface area contributed by atoms with Gasteiger partial charge in [-0.25, -0.2) is 0 Å². The SMILES string of the molecule is COc1ccccc1OCCNCC(O)COC1CCCC2Nc3ccccc3[C@H]21. The predicted octanol–water partition coefficient (Wildman–Crippen LogP) is 3.17. The first kappa shape index (κ1) is 21.0. The molecule has 1 aliphatic heterocycles. The third-order valence-corrected chi connectivity index (χ3v) is 5.99. The van der Waals surface area contributed by atoms with Gasteiger partial charge in [0.15, 0.2) is 11.5 Å². The van der Waals surface area contributed by atoms with Crippen LogP contribution < -0.4 is 20.1 Å². The maximum Gasteiger partial charge on any atom is 0.161 e. The lowest BCUT2D eigenvalue weighted by atomic mass is 9.80. The van der Waals surface area contributed by atoms with Crippen LogP contribution in [0.2, 0.25) is 0 Å². The van der Waals surface area contributed by atoms with Crippen molar-refractivity contribution in [2.45, 2.75) is 43.4 Å². The molecule has 4 rings (SSSR count). The average molecular weight is 413 g/mol. The Balaban J connectivity index is 1.17. The number of aliphatic hydroxyl groups excluding tert-OH is 1. The summed E-state index contributed by atoms with van der Waals surface area (Å²) in [5.74, 6) is 1.83. The Kier molecular flexibility index (Phi) is 7.10. The fourth-order valence-electron chi connectivity index (χ4n) is 4.58. The summed E-state index contributed by atoms with van der Waals surface area (Å²) >= 11 is 0. The van der Waals surface area contributed by atoms with Crippen LogP contribution in [0.15, 0.2) is 48.5 Å². The fraction of sp³-hybridized carbons (Fsp3) is 0.500. The summed E-state index contributed by atoms with van der Waals surface area (Å²) in [5, 5.41) is 17.2. The fourth-order valence-corrected chi connectivity index (χ4v) is 4.58. The second-order valence-corrected chi connectivity index (χ2v) is 8.02. The minimum atomic E-state index is -0.541. The molecule has 0 bridgehead atoms. The molecule has 6 heteroatoms. The van der Waals surface area contributed by atoms with Crippen molar-refractivity contribution in [1.82, 2.24) is 5.32 Å². The van der Waals surface area contributed by atoms with Crippen LogP contribution in [0.5, 0.6) is 11.5 Å². The molecule has 0 amide bonds. The van der Waals surface area contributed by atoms with Crippen molar-refractivity contribution in [3.05, 3.63) is 54.1 Å². The van der Waals surface area contributed by atoms with E-state index in [1.165, 1.54) is 17.7 Å². The monoisotopic (exact) mass is 412 g/mol. The van der Waals surface area contributed by atoms with E-state index in [1.807, 2.05) is 24.3 Å². The summed E-state index contributed by atoms with van der Waals surface area (Å²) in [6.07, 6.45) is 2.99. The molecule has 1 saturated carbocycles. The molecular weight excluding hydrogens is 380 g/mol. The Hall–Kier alpha value is -2.28. The van der Waals surface area contributed by atoms with Crippen LogP contribution in [-0.4, -0.2) is 56.8 Å². The highest BCUT2D eigenvalue weighted by molar-refractivity contribution is 5.60. The number of nitrogens with one attached hydrogen (secondary N) is 2. The smallest absolute Gasteiger partial charge is 0.161 e. The van der Waals surface area contributed by atoms with Crippen LogP contribution in [-0.2, 0) is 4.74 Å². The molecule has 0 radical (unpaired) electrons. The molecule has 2 aromatic carbocycles. The Morgan fingerprint density at radius 3 is 2.77 bits per heavy atom. The molecule has 4 atom stereocenters. The summed E-state index contributed by atoms with van der Waals surface area (Å²) < 4.78 is 17.2. The van der Waals surface area contributed by atoms with Gasteiger partial charge in [0.2, 0.25) is 0 Å². The highest BCUT2D eigenvalue weighted by Crippen LogP contribution is 2.44. The largest absolute Gasteiger partial charge is 0.493 e. The lowest BCUT2D eigenvalue weighted by molar-refractivity contribution is -0.0336. The summed E-state index contributed by atoms with van der Waals surface area (Å²) in [6.45, 7) is 1.96. The molecule has 2 aromatic rings. The number of aliphatic hydroxyl groups is 1. The Morgan fingerprint density at radius 2 is 1.90 bits per heavy atom. The second-order valence-electron chi connectivity index (χ2n) is 8.02. The van der Waals surface area contributed by atoms with Crippen molar-refractivity contribution in [3.8, 4) is 11.5 Å². The van der Waals surface area contributed by atoms with Crippen molar-refractivity contribution in [2.24, 2.45) is 0 Å². The van der Waals surface area contributed by atoms with E-state index in [0.29, 0.717) is 38.3 Å². The second kappa shape index (κ2) is 10.2. The van der Waals surface area contributed by atoms with E-state index in [2.05, 4.69) is 34.9 Å². The van der Waals surface area contributed by atoms with Gasteiger partial charge in [-0.1, -0.05) is 30.3 Å². The van der Waals surface area contributed by atoms with Crippen LogP contribution in [0.1, 0.15) is 30.7 Å². The number of fused-ring (bicyclic) bond motifs is 3. The van der Waals surface area contributed by atoms with E-state index in [4.69, 9.17) is 14.2 Å². The average Bonchev–Trinajstić information content (AvgIpc) is 3.17. The van der Waals surface area contributed by atoms with Crippen molar-refractivity contribution in [3.63, 3.8) is 0 Å². The van der Waals surface area contributed by atoms with E-state index < -0.39 is 6.10 Å². The zero-order valence-electron chi connectivity index (χ0n) is 17.5. The number of benzene rings is 2. The minimum absolute atomic E-state index is 0.156. The van der Waals surface area contributed by atoms with Gasteiger partial charge in [-0.3, -0.25) is 0 Å². The van der Waals surface area contributed by atoms with Gasteiger partial charge in [-0.15, -0.1) is 0 Å². The Bertz CT molecular complexity index is 815. The van der Waals surface area contributed by atoms with Gasteiger partial charge in [0.1, 0.15) is 6.61 Å². The van der Waals surface area contributed by atoms with E-state index >= 15 is 0 Å². The van der Waals surface area contributed by atoms with Crippen molar-refractivity contribution < 1.29 is 19.3 Å². The number of rotatable bonds is 10. The lowest BCUT2D eigenvalue weighted by Gasteiger charge is -2.34. The number of ether oxygens (including phenoxy) is 3. The molecule has 162 valence electrons. The van der Waals surface area contributed by atoms with Gasteiger partial charge in [0.25, 0.3) is 0 Å². The standard InChI is InChI=1S/C24H32N2O4/c1-28-21-10-4-5-11-22(21)29-14-13-25-15-17(27)16-30-23-12-6-9-20-24(23)18-7-2-3-8-19(18)26-20/h2-5,7-8,10-11,17,20,23-27H,6,9,12-16H2,1H3/t17?,20?,23?,24-/m1/s1. The summed E-state index contributed by atoms with van der Waals surface area (Å²) in [7, 11) is 1.63. The number of anilines is 1.